The molecule has 140 valence electrons. The lowest BCUT2D eigenvalue weighted by atomic mass is 10.1. The number of halogens is 1. The highest BCUT2D eigenvalue weighted by Gasteiger charge is 2.12. The smallest absolute Gasteiger partial charge is 0.269 e. The fourth-order valence-corrected chi connectivity index (χ4v) is 3.01. The van der Waals surface area contributed by atoms with E-state index in [9.17, 15) is 4.79 Å². The van der Waals surface area contributed by atoms with Gasteiger partial charge in [-0.15, -0.1) is 0 Å². The predicted octanol–water partition coefficient (Wildman–Crippen LogP) is 3.90. The van der Waals surface area contributed by atoms with Gasteiger partial charge in [0.15, 0.2) is 0 Å². The van der Waals surface area contributed by atoms with E-state index in [1.54, 1.807) is 18.3 Å². The van der Waals surface area contributed by atoms with Crippen molar-refractivity contribution in [3.63, 3.8) is 0 Å². The first-order valence-electron chi connectivity index (χ1n) is 8.90. The molecule has 6 nitrogen and oxygen atoms in total. The molecule has 0 saturated heterocycles. The lowest BCUT2D eigenvalue weighted by Crippen LogP contribution is -2.24. The number of amides is 1. The predicted molar refractivity (Wildman–Crippen MR) is 108 cm³/mol. The summed E-state index contributed by atoms with van der Waals surface area (Å²) in [7, 11) is 0. The van der Waals surface area contributed by atoms with Crippen molar-refractivity contribution in [3.8, 4) is 11.3 Å². The number of nitrogens with zero attached hydrogens (tertiary/aromatic N) is 3. The van der Waals surface area contributed by atoms with Crippen molar-refractivity contribution in [3.05, 3.63) is 64.9 Å². The molecule has 0 aliphatic carbocycles. The number of hydrogen-bond donors (Lipinski definition) is 2. The summed E-state index contributed by atoms with van der Waals surface area (Å²) in [5.41, 5.74) is 2.74. The Labute approximate surface area is 163 Å². The van der Waals surface area contributed by atoms with Gasteiger partial charge in [0.2, 0.25) is 0 Å². The molecule has 0 radical (unpaired) electrons. The van der Waals surface area contributed by atoms with Crippen LogP contribution >= 0.6 is 11.6 Å². The number of carbonyl (C=O) groups is 1. The second-order valence-corrected chi connectivity index (χ2v) is 6.43. The highest BCUT2D eigenvalue weighted by Crippen LogP contribution is 2.26. The van der Waals surface area contributed by atoms with Crippen molar-refractivity contribution in [2.75, 3.05) is 18.0 Å². The first-order valence-corrected chi connectivity index (χ1v) is 9.28. The van der Waals surface area contributed by atoms with Crippen LogP contribution in [0.25, 0.3) is 11.3 Å². The third-order valence-corrected chi connectivity index (χ3v) is 4.65. The molecule has 0 unspecified atom stereocenters. The van der Waals surface area contributed by atoms with Crippen LogP contribution in [0.4, 0.5) is 5.82 Å². The van der Waals surface area contributed by atoms with Crippen LogP contribution in [0.1, 0.15) is 29.9 Å². The summed E-state index contributed by atoms with van der Waals surface area (Å²) in [5, 5.41) is 10.4. The monoisotopic (exact) mass is 383 g/mol. The summed E-state index contributed by atoms with van der Waals surface area (Å²) in [5.74, 6) is 0.710. The maximum absolute atomic E-state index is 12.4. The Hall–Kier alpha value is -2.86. The van der Waals surface area contributed by atoms with Gasteiger partial charge in [0.05, 0.1) is 10.7 Å². The Kier molecular flexibility index (Phi) is 6.08. The molecule has 7 heteroatoms. The SMILES string of the molecule is CCN(CC)c1ccc(CNC(=O)c2cc(-c3ccccc3Cl)n[nH]2)cn1. The Morgan fingerprint density at radius 3 is 2.63 bits per heavy atom. The molecule has 3 aromatic rings. The van der Waals surface area contributed by atoms with E-state index < -0.39 is 0 Å². The van der Waals surface area contributed by atoms with Gasteiger partial charge in [-0.3, -0.25) is 9.89 Å². The fourth-order valence-electron chi connectivity index (χ4n) is 2.78. The number of aromatic amines is 1. The average Bonchev–Trinajstić information content (AvgIpc) is 3.18. The maximum atomic E-state index is 12.4. The molecule has 2 N–H and O–H groups in total. The normalized spacial score (nSPS) is 10.6. The molecule has 0 bridgehead atoms. The Morgan fingerprint density at radius 1 is 1.19 bits per heavy atom. The number of H-pyrrole nitrogens is 1. The highest BCUT2D eigenvalue weighted by atomic mass is 35.5. The third kappa shape index (κ3) is 4.46. The van der Waals surface area contributed by atoms with E-state index in [2.05, 4.69) is 39.2 Å². The number of carbonyl (C=O) groups excluding carboxylic acids is 1. The second kappa shape index (κ2) is 8.68. The second-order valence-electron chi connectivity index (χ2n) is 6.03. The van der Waals surface area contributed by atoms with Crippen LogP contribution in [0, 0.1) is 0 Å². The standard InChI is InChI=1S/C20H22ClN5O/c1-3-26(4-2)19-10-9-14(12-22-19)13-23-20(27)18-11-17(24-25-18)15-7-5-6-8-16(15)21/h5-12H,3-4,13H2,1-2H3,(H,23,27)(H,24,25). The van der Waals surface area contributed by atoms with Gasteiger partial charge >= 0.3 is 0 Å². The minimum atomic E-state index is -0.228. The fraction of sp³-hybridized carbons (Fsp3) is 0.250. The van der Waals surface area contributed by atoms with Crippen molar-refractivity contribution in [1.82, 2.24) is 20.5 Å². The molecule has 1 aromatic carbocycles. The topological polar surface area (TPSA) is 73.9 Å². The Bertz CT molecular complexity index is 903. The van der Waals surface area contributed by atoms with E-state index in [0.29, 0.717) is 23.0 Å². The lowest BCUT2D eigenvalue weighted by molar-refractivity contribution is 0.0946. The average molecular weight is 384 g/mol. The largest absolute Gasteiger partial charge is 0.357 e. The number of hydrogen-bond acceptors (Lipinski definition) is 4. The van der Waals surface area contributed by atoms with E-state index in [1.807, 2.05) is 30.3 Å². The molecule has 0 saturated carbocycles. The first-order chi connectivity index (χ1) is 13.1. The van der Waals surface area contributed by atoms with Gasteiger partial charge in [0, 0.05) is 31.4 Å². The van der Waals surface area contributed by atoms with Crippen LogP contribution < -0.4 is 10.2 Å². The van der Waals surface area contributed by atoms with E-state index in [0.717, 1.165) is 30.0 Å². The third-order valence-electron chi connectivity index (χ3n) is 4.32. The zero-order chi connectivity index (χ0) is 19.2. The van der Waals surface area contributed by atoms with Gasteiger partial charge in [-0.1, -0.05) is 35.9 Å². The quantitative estimate of drug-likeness (QED) is 0.648. The molecule has 0 aliphatic rings. The molecule has 27 heavy (non-hydrogen) atoms. The minimum absolute atomic E-state index is 0.228. The Balaban J connectivity index is 1.62. The summed E-state index contributed by atoms with van der Waals surface area (Å²) >= 11 is 6.18. The van der Waals surface area contributed by atoms with Crippen molar-refractivity contribution in [1.29, 1.82) is 0 Å². The molecule has 0 aliphatic heterocycles. The van der Waals surface area contributed by atoms with Crippen LogP contribution in [0.3, 0.4) is 0 Å². The van der Waals surface area contributed by atoms with E-state index in [4.69, 9.17) is 11.6 Å². The van der Waals surface area contributed by atoms with Crippen molar-refractivity contribution in [2.24, 2.45) is 0 Å². The molecule has 0 atom stereocenters. The van der Waals surface area contributed by atoms with E-state index in [-0.39, 0.29) is 5.91 Å². The van der Waals surface area contributed by atoms with Crippen LogP contribution in [0.15, 0.2) is 48.7 Å². The van der Waals surface area contributed by atoms with Crippen LogP contribution in [0.2, 0.25) is 5.02 Å². The summed E-state index contributed by atoms with van der Waals surface area (Å²) in [6, 6.07) is 13.0. The summed E-state index contributed by atoms with van der Waals surface area (Å²) in [4.78, 5) is 19.0. The van der Waals surface area contributed by atoms with E-state index in [1.165, 1.54) is 0 Å². The number of pyridine rings is 1. The zero-order valence-corrected chi connectivity index (χ0v) is 16.1. The lowest BCUT2D eigenvalue weighted by Gasteiger charge is -2.19. The van der Waals surface area contributed by atoms with Gasteiger partial charge in [-0.2, -0.15) is 5.10 Å². The first kappa shape index (κ1) is 18.9. The van der Waals surface area contributed by atoms with Crippen molar-refractivity contribution < 1.29 is 4.79 Å². The number of rotatable bonds is 7. The van der Waals surface area contributed by atoms with E-state index >= 15 is 0 Å². The number of aromatic nitrogens is 3. The number of nitrogens with one attached hydrogen (secondary N) is 2. The van der Waals surface area contributed by atoms with Gasteiger partial charge in [-0.25, -0.2) is 4.98 Å². The minimum Gasteiger partial charge on any atom is -0.357 e. The van der Waals surface area contributed by atoms with Gasteiger partial charge in [0.25, 0.3) is 5.91 Å². The molecule has 2 aromatic heterocycles. The highest BCUT2D eigenvalue weighted by molar-refractivity contribution is 6.33. The molecule has 0 spiro atoms. The molecular formula is C20H22ClN5O. The van der Waals surface area contributed by atoms with Gasteiger partial charge in [-0.05, 0) is 37.6 Å². The number of benzene rings is 1. The summed E-state index contributed by atoms with van der Waals surface area (Å²) < 4.78 is 0. The van der Waals surface area contributed by atoms with Crippen molar-refractivity contribution in [2.45, 2.75) is 20.4 Å². The molecule has 0 fully saturated rings. The zero-order valence-electron chi connectivity index (χ0n) is 15.4. The number of anilines is 1. The van der Waals surface area contributed by atoms with Crippen LogP contribution in [-0.2, 0) is 6.54 Å². The molecule has 2 heterocycles. The molecular weight excluding hydrogens is 362 g/mol. The summed E-state index contributed by atoms with van der Waals surface area (Å²) in [6.45, 7) is 6.41. The Morgan fingerprint density at radius 2 is 1.96 bits per heavy atom. The maximum Gasteiger partial charge on any atom is 0.269 e. The van der Waals surface area contributed by atoms with Gasteiger partial charge < -0.3 is 10.2 Å². The molecule has 1 amide bonds. The van der Waals surface area contributed by atoms with Crippen LogP contribution in [0.5, 0.6) is 0 Å². The van der Waals surface area contributed by atoms with Crippen molar-refractivity contribution >= 4 is 23.3 Å². The van der Waals surface area contributed by atoms with Crippen LogP contribution in [-0.4, -0.2) is 34.2 Å². The molecule has 3 rings (SSSR count). The summed E-state index contributed by atoms with van der Waals surface area (Å²) in [6.07, 6.45) is 1.79. The van der Waals surface area contributed by atoms with Gasteiger partial charge in [0.1, 0.15) is 11.5 Å².